The highest BCUT2D eigenvalue weighted by atomic mass is 16.5. The molecule has 0 saturated heterocycles. The molecule has 1 atom stereocenters. The molecule has 2 aromatic rings. The molecule has 0 saturated carbocycles. The zero-order valence-corrected chi connectivity index (χ0v) is 14.2. The molecule has 0 fully saturated rings. The molecule has 0 bridgehead atoms. The summed E-state index contributed by atoms with van der Waals surface area (Å²) in [6.07, 6.45) is 0. The molecule has 3 N–H and O–H groups in total. The van der Waals surface area contributed by atoms with Crippen LogP contribution in [0.3, 0.4) is 0 Å². The van der Waals surface area contributed by atoms with Crippen LogP contribution in [-0.4, -0.2) is 42.1 Å². The Labute approximate surface area is 147 Å². The average Bonchev–Trinajstić information content (AvgIpc) is 2.57. The smallest absolute Gasteiger partial charge is 0.336 e. The Kier molecular flexibility index (Phi) is 5.94. The Morgan fingerprint density at radius 1 is 1.27 bits per heavy atom. The van der Waals surface area contributed by atoms with Gasteiger partial charge in [-0.3, -0.25) is 14.4 Å². The molecule has 1 heterocycles. The number of amides is 2. The van der Waals surface area contributed by atoms with E-state index in [1.54, 1.807) is 19.1 Å². The fourth-order valence-corrected chi connectivity index (χ4v) is 2.21. The largest absolute Gasteiger partial charge is 0.484 e. The van der Waals surface area contributed by atoms with Gasteiger partial charge in [-0.25, -0.2) is 4.79 Å². The van der Waals surface area contributed by atoms with Crippen LogP contribution in [-0.2, 0) is 14.4 Å². The summed E-state index contributed by atoms with van der Waals surface area (Å²) in [7, 11) is 0. The molecule has 9 nitrogen and oxygen atoms in total. The molecule has 26 heavy (non-hydrogen) atoms. The summed E-state index contributed by atoms with van der Waals surface area (Å²) in [5, 5.41) is 13.8. The van der Waals surface area contributed by atoms with Gasteiger partial charge in [-0.15, -0.1) is 0 Å². The lowest BCUT2D eigenvalue weighted by molar-refractivity contribution is -0.138. The molecule has 0 aliphatic rings. The second kappa shape index (κ2) is 8.15. The first-order chi connectivity index (χ1) is 12.3. The zero-order chi connectivity index (χ0) is 19.3. The molecule has 2 rings (SSSR count). The third-order valence-electron chi connectivity index (χ3n) is 3.48. The maximum Gasteiger partial charge on any atom is 0.336 e. The minimum absolute atomic E-state index is 0.324. The predicted molar refractivity (Wildman–Crippen MR) is 91.0 cm³/mol. The SMILES string of the molecule is Cc1cc(=O)oc2cc(OCC(=O)NC(C)C(=O)NCC(=O)O)ccc12. The minimum atomic E-state index is -1.18. The number of carbonyl (C=O) groups is 3. The fraction of sp³-hybridized carbons (Fsp3) is 0.294. The second-order valence-electron chi connectivity index (χ2n) is 5.60. The van der Waals surface area contributed by atoms with E-state index in [9.17, 15) is 19.2 Å². The number of nitrogens with one attached hydrogen (secondary N) is 2. The van der Waals surface area contributed by atoms with Crippen LogP contribution in [0.25, 0.3) is 11.0 Å². The van der Waals surface area contributed by atoms with Crippen molar-refractivity contribution in [3.8, 4) is 5.75 Å². The van der Waals surface area contributed by atoms with Crippen LogP contribution in [0.4, 0.5) is 0 Å². The number of carboxylic acids is 1. The van der Waals surface area contributed by atoms with Gasteiger partial charge in [0, 0.05) is 17.5 Å². The summed E-state index contributed by atoms with van der Waals surface area (Å²) in [4.78, 5) is 45.2. The second-order valence-corrected chi connectivity index (χ2v) is 5.60. The van der Waals surface area contributed by atoms with Crippen LogP contribution in [0.5, 0.6) is 5.75 Å². The Morgan fingerprint density at radius 2 is 2.00 bits per heavy atom. The Morgan fingerprint density at radius 3 is 2.69 bits per heavy atom. The van der Waals surface area contributed by atoms with Gasteiger partial charge >= 0.3 is 11.6 Å². The summed E-state index contributed by atoms with van der Waals surface area (Å²) >= 11 is 0. The van der Waals surface area contributed by atoms with Crippen LogP contribution in [0.2, 0.25) is 0 Å². The number of carbonyl (C=O) groups excluding carboxylic acids is 2. The van der Waals surface area contributed by atoms with Crippen molar-refractivity contribution in [2.45, 2.75) is 19.9 Å². The number of rotatable bonds is 7. The molecule has 0 spiro atoms. The zero-order valence-electron chi connectivity index (χ0n) is 14.2. The first kappa shape index (κ1) is 19.0. The van der Waals surface area contributed by atoms with Gasteiger partial charge in [0.1, 0.15) is 23.9 Å². The molecule has 2 amide bonds. The van der Waals surface area contributed by atoms with Gasteiger partial charge in [-0.1, -0.05) is 0 Å². The highest BCUT2D eigenvalue weighted by Crippen LogP contribution is 2.22. The van der Waals surface area contributed by atoms with Crippen molar-refractivity contribution in [1.29, 1.82) is 0 Å². The number of aliphatic carboxylic acids is 1. The van der Waals surface area contributed by atoms with Crippen LogP contribution in [0, 0.1) is 6.92 Å². The Balaban J connectivity index is 1.92. The number of hydrogen-bond donors (Lipinski definition) is 3. The number of ether oxygens (including phenoxy) is 1. The third-order valence-corrected chi connectivity index (χ3v) is 3.48. The molecule has 0 radical (unpaired) electrons. The van der Waals surface area contributed by atoms with Crippen molar-refractivity contribution in [2.24, 2.45) is 0 Å². The molecule has 1 aromatic heterocycles. The first-order valence-electron chi connectivity index (χ1n) is 7.72. The van der Waals surface area contributed by atoms with E-state index in [0.717, 1.165) is 10.9 Å². The van der Waals surface area contributed by atoms with Gasteiger partial charge in [-0.05, 0) is 31.5 Å². The molecule has 0 aliphatic carbocycles. The van der Waals surface area contributed by atoms with E-state index in [2.05, 4.69) is 10.6 Å². The molecule has 1 unspecified atom stereocenters. The van der Waals surface area contributed by atoms with E-state index in [0.29, 0.717) is 11.3 Å². The van der Waals surface area contributed by atoms with E-state index >= 15 is 0 Å². The van der Waals surface area contributed by atoms with Crippen molar-refractivity contribution in [2.75, 3.05) is 13.2 Å². The number of fused-ring (bicyclic) bond motifs is 1. The standard InChI is InChI=1S/C17H18N2O7/c1-9-5-16(23)26-13-6-11(3-4-12(9)13)25-8-14(20)19-10(2)17(24)18-7-15(21)22/h3-6,10H,7-8H2,1-2H3,(H,18,24)(H,19,20)(H,21,22). The molecular formula is C17H18N2O7. The first-order valence-corrected chi connectivity index (χ1v) is 7.72. The number of hydrogen-bond acceptors (Lipinski definition) is 6. The normalized spacial score (nSPS) is 11.6. The van der Waals surface area contributed by atoms with E-state index in [-0.39, 0.29) is 6.61 Å². The molecule has 1 aromatic carbocycles. The van der Waals surface area contributed by atoms with Gasteiger partial charge in [-0.2, -0.15) is 0 Å². The third kappa shape index (κ3) is 5.07. The van der Waals surface area contributed by atoms with E-state index < -0.39 is 36.0 Å². The van der Waals surface area contributed by atoms with Crippen LogP contribution in [0.15, 0.2) is 33.5 Å². The maximum absolute atomic E-state index is 11.8. The lowest BCUT2D eigenvalue weighted by Crippen LogP contribution is -2.47. The number of benzene rings is 1. The van der Waals surface area contributed by atoms with E-state index in [1.807, 2.05) is 0 Å². The van der Waals surface area contributed by atoms with Gasteiger partial charge in [0.25, 0.3) is 5.91 Å². The van der Waals surface area contributed by atoms with Gasteiger partial charge in [0.05, 0.1) is 0 Å². The minimum Gasteiger partial charge on any atom is -0.484 e. The van der Waals surface area contributed by atoms with Crippen molar-refractivity contribution in [3.05, 3.63) is 40.2 Å². The highest BCUT2D eigenvalue weighted by molar-refractivity contribution is 5.89. The molecule has 138 valence electrons. The topological polar surface area (TPSA) is 135 Å². The Bertz CT molecular complexity index is 904. The fourth-order valence-electron chi connectivity index (χ4n) is 2.21. The average molecular weight is 362 g/mol. The summed E-state index contributed by atoms with van der Waals surface area (Å²) < 4.78 is 10.4. The molecular weight excluding hydrogens is 344 g/mol. The van der Waals surface area contributed by atoms with Crippen molar-refractivity contribution in [3.63, 3.8) is 0 Å². The van der Waals surface area contributed by atoms with Gasteiger partial charge in [0.2, 0.25) is 5.91 Å². The summed E-state index contributed by atoms with van der Waals surface area (Å²) in [5.41, 5.74) is 0.627. The van der Waals surface area contributed by atoms with Gasteiger partial charge < -0.3 is 24.9 Å². The predicted octanol–water partition coefficient (Wildman–Crippen LogP) is 0.186. The van der Waals surface area contributed by atoms with Crippen LogP contribution >= 0.6 is 0 Å². The lowest BCUT2D eigenvalue weighted by atomic mass is 10.1. The molecule has 9 heteroatoms. The summed E-state index contributed by atoms with van der Waals surface area (Å²) in [6, 6.07) is 5.31. The quantitative estimate of drug-likeness (QED) is 0.598. The van der Waals surface area contributed by atoms with Crippen LogP contribution in [0.1, 0.15) is 12.5 Å². The van der Waals surface area contributed by atoms with E-state index in [1.165, 1.54) is 19.1 Å². The number of aryl methyl sites for hydroxylation is 1. The molecule has 0 aliphatic heterocycles. The summed E-state index contributed by atoms with van der Waals surface area (Å²) in [5.74, 6) is -2.04. The Hall–Kier alpha value is -3.36. The lowest BCUT2D eigenvalue weighted by Gasteiger charge is -2.14. The maximum atomic E-state index is 11.8. The van der Waals surface area contributed by atoms with Crippen molar-refractivity contribution >= 4 is 28.8 Å². The summed E-state index contributed by atoms with van der Waals surface area (Å²) in [6.45, 7) is 2.31. The highest BCUT2D eigenvalue weighted by Gasteiger charge is 2.16. The van der Waals surface area contributed by atoms with Crippen LogP contribution < -0.4 is 21.0 Å². The van der Waals surface area contributed by atoms with E-state index in [4.69, 9.17) is 14.3 Å². The monoisotopic (exact) mass is 362 g/mol. The van der Waals surface area contributed by atoms with Crippen molar-refractivity contribution < 1.29 is 28.6 Å². The van der Waals surface area contributed by atoms with Crippen molar-refractivity contribution in [1.82, 2.24) is 10.6 Å². The van der Waals surface area contributed by atoms with Gasteiger partial charge in [0.15, 0.2) is 6.61 Å². The number of carboxylic acid groups (broad SMARTS) is 1.